The van der Waals surface area contributed by atoms with Crippen LogP contribution < -0.4 is 0 Å². The van der Waals surface area contributed by atoms with Crippen molar-refractivity contribution < 1.29 is 22.4 Å². The lowest BCUT2D eigenvalue weighted by atomic mass is 10.1. The highest BCUT2D eigenvalue weighted by atomic mass is 19.4. The fourth-order valence-electron chi connectivity index (χ4n) is 1.57. The second kappa shape index (κ2) is 5.55. The maximum Gasteiger partial charge on any atom is 0.470 e. The fourth-order valence-corrected chi connectivity index (χ4v) is 1.57. The zero-order chi connectivity index (χ0) is 15.6. The van der Waals surface area contributed by atoms with E-state index in [0.717, 1.165) is 0 Å². The molecule has 1 aromatic heterocycles. The molecular weight excluding hydrogens is 287 g/mol. The van der Waals surface area contributed by atoms with E-state index < -0.39 is 12.1 Å². The molecule has 0 aliphatic heterocycles. The van der Waals surface area contributed by atoms with Crippen molar-refractivity contribution in [1.29, 1.82) is 0 Å². The van der Waals surface area contributed by atoms with Gasteiger partial charge in [0.25, 0.3) is 5.91 Å². The normalized spacial score (nSPS) is 11.5. The highest BCUT2D eigenvalue weighted by molar-refractivity contribution is 5.94. The van der Waals surface area contributed by atoms with Crippen LogP contribution in [0.15, 0.2) is 28.7 Å². The number of carbonyl (C=O) groups excluding carboxylic acids is 1. The molecule has 8 heteroatoms. The number of nitrogens with zero attached hydrogens (tertiary/aromatic N) is 3. The van der Waals surface area contributed by atoms with Crippen LogP contribution in [0.25, 0.3) is 11.5 Å². The predicted molar refractivity (Wildman–Crippen MR) is 67.4 cm³/mol. The summed E-state index contributed by atoms with van der Waals surface area (Å²) in [6.07, 6.45) is -4.68. The average Bonchev–Trinajstić information content (AvgIpc) is 2.95. The molecule has 0 saturated heterocycles. The van der Waals surface area contributed by atoms with E-state index in [1.54, 1.807) is 7.05 Å². The van der Waals surface area contributed by atoms with Crippen LogP contribution in [0.4, 0.5) is 13.2 Å². The second-order valence-corrected chi connectivity index (χ2v) is 4.31. The van der Waals surface area contributed by atoms with Crippen molar-refractivity contribution in [1.82, 2.24) is 15.1 Å². The number of benzene rings is 1. The van der Waals surface area contributed by atoms with Crippen molar-refractivity contribution in [3.8, 4) is 11.5 Å². The maximum absolute atomic E-state index is 12.4. The lowest BCUT2D eigenvalue weighted by molar-refractivity contribution is -0.156. The van der Waals surface area contributed by atoms with Gasteiger partial charge in [-0.25, -0.2) is 0 Å². The van der Waals surface area contributed by atoms with Gasteiger partial charge in [-0.05, 0) is 31.2 Å². The van der Waals surface area contributed by atoms with Gasteiger partial charge in [0.05, 0.1) is 0 Å². The topological polar surface area (TPSA) is 59.2 Å². The molecule has 5 nitrogen and oxygen atoms in total. The lowest BCUT2D eigenvalue weighted by Gasteiger charge is -2.14. The van der Waals surface area contributed by atoms with Gasteiger partial charge in [0.15, 0.2) is 0 Å². The van der Waals surface area contributed by atoms with Crippen LogP contribution >= 0.6 is 0 Å². The van der Waals surface area contributed by atoms with Crippen LogP contribution in [0, 0.1) is 0 Å². The van der Waals surface area contributed by atoms with Crippen molar-refractivity contribution in [2.24, 2.45) is 0 Å². The average molecular weight is 299 g/mol. The molecule has 0 unspecified atom stereocenters. The summed E-state index contributed by atoms with van der Waals surface area (Å²) in [5.74, 6) is -1.82. The van der Waals surface area contributed by atoms with Gasteiger partial charge in [-0.1, -0.05) is 0 Å². The summed E-state index contributed by atoms with van der Waals surface area (Å²) in [5.41, 5.74) is 0.743. The van der Waals surface area contributed by atoms with Crippen molar-refractivity contribution in [2.75, 3.05) is 13.6 Å². The number of rotatable bonds is 3. The van der Waals surface area contributed by atoms with E-state index in [1.165, 1.54) is 29.2 Å². The molecule has 1 amide bonds. The van der Waals surface area contributed by atoms with Crippen molar-refractivity contribution in [3.63, 3.8) is 0 Å². The molecule has 2 rings (SSSR count). The van der Waals surface area contributed by atoms with Crippen LogP contribution in [0.2, 0.25) is 0 Å². The Labute approximate surface area is 118 Å². The molecule has 0 aliphatic carbocycles. The van der Waals surface area contributed by atoms with E-state index in [0.29, 0.717) is 17.7 Å². The summed E-state index contributed by atoms with van der Waals surface area (Å²) in [6, 6.07) is 5.93. The highest BCUT2D eigenvalue weighted by Gasteiger charge is 2.38. The summed E-state index contributed by atoms with van der Waals surface area (Å²) in [6.45, 7) is 2.39. The summed E-state index contributed by atoms with van der Waals surface area (Å²) in [5, 5.41) is 6.29. The fraction of sp³-hybridized carbons (Fsp3) is 0.308. The third kappa shape index (κ3) is 3.21. The Balaban J connectivity index is 2.23. The van der Waals surface area contributed by atoms with E-state index in [9.17, 15) is 18.0 Å². The zero-order valence-electron chi connectivity index (χ0n) is 11.3. The van der Waals surface area contributed by atoms with Crippen LogP contribution in [-0.2, 0) is 6.18 Å². The number of hydrogen-bond acceptors (Lipinski definition) is 4. The highest BCUT2D eigenvalue weighted by Crippen LogP contribution is 2.30. The molecule has 1 heterocycles. The van der Waals surface area contributed by atoms with Gasteiger partial charge >= 0.3 is 12.1 Å². The number of carbonyl (C=O) groups is 1. The smallest absolute Gasteiger partial charge is 0.413 e. The Bertz CT molecular complexity index is 635. The summed E-state index contributed by atoms with van der Waals surface area (Å²) in [4.78, 5) is 13.4. The van der Waals surface area contributed by atoms with Crippen LogP contribution in [0.5, 0.6) is 0 Å². The molecule has 0 spiro atoms. The Hall–Kier alpha value is -2.38. The minimum absolute atomic E-state index is 0.175. The molecule has 0 atom stereocenters. The standard InChI is InChI=1S/C13H12F3N3O2/c1-3-19(2)11(20)9-6-4-8(5-7-9)10-17-18-12(21-10)13(14,15)16/h4-7H,3H2,1-2H3. The lowest BCUT2D eigenvalue weighted by Crippen LogP contribution is -2.26. The molecule has 1 aromatic carbocycles. The number of aromatic nitrogens is 2. The van der Waals surface area contributed by atoms with Crippen molar-refractivity contribution >= 4 is 5.91 Å². The van der Waals surface area contributed by atoms with Crippen LogP contribution in [0.1, 0.15) is 23.2 Å². The van der Waals surface area contributed by atoms with Crippen molar-refractivity contribution in [2.45, 2.75) is 13.1 Å². The predicted octanol–water partition coefficient (Wildman–Crippen LogP) is 2.85. The molecule has 0 fully saturated rings. The third-order valence-corrected chi connectivity index (χ3v) is 2.87. The molecule has 0 radical (unpaired) electrons. The number of alkyl halides is 3. The van der Waals surface area contributed by atoms with Gasteiger partial charge in [0.1, 0.15) is 0 Å². The van der Waals surface area contributed by atoms with E-state index in [1.807, 2.05) is 6.92 Å². The first kappa shape index (κ1) is 15.0. The summed E-state index contributed by atoms with van der Waals surface area (Å²) < 4.78 is 41.7. The first-order valence-corrected chi connectivity index (χ1v) is 6.09. The van der Waals surface area contributed by atoms with Crippen LogP contribution in [0.3, 0.4) is 0 Å². The number of amides is 1. The minimum atomic E-state index is -4.68. The van der Waals surface area contributed by atoms with Crippen LogP contribution in [-0.4, -0.2) is 34.6 Å². The van der Waals surface area contributed by atoms with Gasteiger partial charge in [-0.3, -0.25) is 4.79 Å². The SMILES string of the molecule is CCN(C)C(=O)c1ccc(-c2nnc(C(F)(F)F)o2)cc1. The van der Waals surface area contributed by atoms with Crippen molar-refractivity contribution in [3.05, 3.63) is 35.7 Å². The van der Waals surface area contributed by atoms with E-state index in [2.05, 4.69) is 14.6 Å². The van der Waals surface area contributed by atoms with E-state index >= 15 is 0 Å². The maximum atomic E-state index is 12.4. The minimum Gasteiger partial charge on any atom is -0.413 e. The Morgan fingerprint density at radius 2 is 1.86 bits per heavy atom. The molecule has 2 aromatic rings. The quantitative estimate of drug-likeness (QED) is 0.874. The second-order valence-electron chi connectivity index (χ2n) is 4.31. The number of halogens is 3. The van der Waals surface area contributed by atoms with Gasteiger partial charge in [0.2, 0.25) is 5.89 Å². The van der Waals surface area contributed by atoms with Gasteiger partial charge in [0, 0.05) is 24.7 Å². The third-order valence-electron chi connectivity index (χ3n) is 2.87. The molecule has 112 valence electrons. The largest absolute Gasteiger partial charge is 0.470 e. The Kier molecular flexibility index (Phi) is 3.97. The van der Waals surface area contributed by atoms with Gasteiger partial charge in [-0.15, -0.1) is 10.2 Å². The molecule has 0 bridgehead atoms. The molecule has 21 heavy (non-hydrogen) atoms. The summed E-state index contributed by atoms with van der Waals surface area (Å²) >= 11 is 0. The van der Waals surface area contributed by atoms with E-state index in [4.69, 9.17) is 0 Å². The first-order valence-electron chi connectivity index (χ1n) is 6.09. The molecular formula is C13H12F3N3O2. The van der Waals surface area contributed by atoms with Gasteiger partial charge < -0.3 is 9.32 Å². The molecule has 0 N–H and O–H groups in total. The molecule has 0 aliphatic rings. The molecule has 0 saturated carbocycles. The zero-order valence-corrected chi connectivity index (χ0v) is 11.3. The summed E-state index contributed by atoms with van der Waals surface area (Å²) in [7, 11) is 1.66. The number of hydrogen-bond donors (Lipinski definition) is 0. The first-order chi connectivity index (χ1) is 9.82. The monoisotopic (exact) mass is 299 g/mol. The Morgan fingerprint density at radius 3 is 2.33 bits per heavy atom. The van der Waals surface area contributed by atoms with Gasteiger partial charge in [-0.2, -0.15) is 13.2 Å². The van der Waals surface area contributed by atoms with E-state index in [-0.39, 0.29) is 11.8 Å². The Morgan fingerprint density at radius 1 is 1.24 bits per heavy atom.